The van der Waals surface area contributed by atoms with Gasteiger partial charge in [-0.3, -0.25) is 25.8 Å². The zero-order valence-corrected chi connectivity index (χ0v) is 19.1. The first-order chi connectivity index (χ1) is 14.8. The topological polar surface area (TPSA) is 88.7 Å². The maximum atomic E-state index is 12.3. The first kappa shape index (κ1) is 24.1. The third-order valence-electron chi connectivity index (χ3n) is 4.57. The highest BCUT2D eigenvalue weighted by atomic mass is 32.1. The number of unbranched alkanes of at least 4 members (excludes halogenated alkanes) is 1. The van der Waals surface area contributed by atoms with Crippen LogP contribution in [0.15, 0.2) is 42.5 Å². The Morgan fingerprint density at radius 1 is 1.00 bits per heavy atom. The number of carbonyl (C=O) groups is 2. The van der Waals surface area contributed by atoms with Crippen LogP contribution in [0.2, 0.25) is 0 Å². The quantitative estimate of drug-likeness (QED) is 0.328. The summed E-state index contributed by atoms with van der Waals surface area (Å²) in [6.45, 7) is 8.33. The Morgan fingerprint density at radius 2 is 1.68 bits per heavy atom. The second-order valence-electron chi connectivity index (χ2n) is 7.13. The number of amides is 2. The maximum absolute atomic E-state index is 12.3. The second-order valence-corrected chi connectivity index (χ2v) is 7.54. The largest absolute Gasteiger partial charge is 0.494 e. The van der Waals surface area contributed by atoms with E-state index in [0.717, 1.165) is 24.0 Å². The highest BCUT2D eigenvalue weighted by Gasteiger charge is 2.16. The van der Waals surface area contributed by atoms with E-state index < -0.39 is 17.9 Å². The van der Waals surface area contributed by atoms with E-state index in [-0.39, 0.29) is 5.11 Å². The Hall–Kier alpha value is -3.13. The molecule has 0 aromatic heterocycles. The molecule has 0 aliphatic carbocycles. The summed E-state index contributed by atoms with van der Waals surface area (Å²) in [5.41, 5.74) is 7.59. The minimum atomic E-state index is -0.756. The fourth-order valence-electron chi connectivity index (χ4n) is 2.51. The summed E-state index contributed by atoms with van der Waals surface area (Å²) >= 11 is 5.07. The van der Waals surface area contributed by atoms with Crippen molar-refractivity contribution in [3.05, 3.63) is 59.2 Å². The average molecular weight is 444 g/mol. The van der Waals surface area contributed by atoms with Gasteiger partial charge in [0.25, 0.3) is 11.8 Å². The van der Waals surface area contributed by atoms with Crippen LogP contribution in [-0.4, -0.2) is 29.6 Å². The van der Waals surface area contributed by atoms with Crippen molar-refractivity contribution >= 4 is 29.1 Å². The van der Waals surface area contributed by atoms with Crippen LogP contribution < -0.4 is 25.6 Å². The Labute approximate surface area is 188 Å². The fraction of sp³-hybridized carbons (Fsp3) is 0.348. The molecule has 2 rings (SSSR count). The molecule has 0 saturated heterocycles. The number of ether oxygens (including phenoxy) is 2. The van der Waals surface area contributed by atoms with E-state index in [0.29, 0.717) is 23.7 Å². The van der Waals surface area contributed by atoms with Crippen LogP contribution in [0.4, 0.5) is 0 Å². The molecule has 8 heteroatoms. The van der Waals surface area contributed by atoms with Gasteiger partial charge in [0.1, 0.15) is 11.5 Å². The van der Waals surface area contributed by atoms with E-state index in [9.17, 15) is 9.59 Å². The Kier molecular flexibility index (Phi) is 9.27. The van der Waals surface area contributed by atoms with Crippen molar-refractivity contribution in [3.8, 4) is 11.5 Å². The molecule has 0 spiro atoms. The van der Waals surface area contributed by atoms with E-state index in [1.807, 2.05) is 32.0 Å². The maximum Gasteiger partial charge on any atom is 0.279 e. The lowest BCUT2D eigenvalue weighted by Gasteiger charge is -2.17. The highest BCUT2D eigenvalue weighted by Crippen LogP contribution is 2.17. The normalized spacial score (nSPS) is 11.2. The molecule has 1 unspecified atom stereocenters. The SMILES string of the molecule is CCCCOc1ccc(C(=O)NC(=S)NNC(=O)C(C)Oc2ccc(C)c(C)c2)cc1. The van der Waals surface area contributed by atoms with Gasteiger partial charge >= 0.3 is 0 Å². The highest BCUT2D eigenvalue weighted by molar-refractivity contribution is 7.80. The number of nitrogens with one attached hydrogen (secondary N) is 3. The molecule has 2 aromatic rings. The number of benzene rings is 2. The zero-order valence-electron chi connectivity index (χ0n) is 18.3. The first-order valence-electron chi connectivity index (χ1n) is 10.2. The van der Waals surface area contributed by atoms with Crippen LogP contribution in [0.3, 0.4) is 0 Å². The van der Waals surface area contributed by atoms with Crippen molar-refractivity contribution in [2.24, 2.45) is 0 Å². The first-order valence-corrected chi connectivity index (χ1v) is 10.6. The molecule has 7 nitrogen and oxygen atoms in total. The number of aryl methyl sites for hydroxylation is 2. The number of carbonyl (C=O) groups excluding carboxylic acids is 2. The molecule has 0 bridgehead atoms. The molecule has 0 fully saturated rings. The number of thiocarbonyl (C=S) groups is 1. The van der Waals surface area contributed by atoms with Gasteiger partial charge in [-0.25, -0.2) is 0 Å². The third-order valence-corrected chi connectivity index (χ3v) is 4.77. The van der Waals surface area contributed by atoms with Crippen molar-refractivity contribution < 1.29 is 19.1 Å². The van der Waals surface area contributed by atoms with Crippen molar-refractivity contribution in [2.75, 3.05) is 6.61 Å². The van der Waals surface area contributed by atoms with E-state index in [4.69, 9.17) is 21.7 Å². The summed E-state index contributed by atoms with van der Waals surface area (Å²) in [5, 5.41) is 2.48. The molecule has 2 aromatic carbocycles. The van der Waals surface area contributed by atoms with Crippen LogP contribution in [0.5, 0.6) is 11.5 Å². The smallest absolute Gasteiger partial charge is 0.279 e. The summed E-state index contributed by atoms with van der Waals surface area (Å²) in [6, 6.07) is 12.4. The lowest BCUT2D eigenvalue weighted by Crippen LogP contribution is -2.51. The predicted octanol–water partition coefficient (Wildman–Crippen LogP) is 3.59. The van der Waals surface area contributed by atoms with E-state index >= 15 is 0 Å². The summed E-state index contributed by atoms with van der Waals surface area (Å²) in [5.74, 6) is 0.481. The van der Waals surface area contributed by atoms with Gasteiger partial charge in [-0.05, 0) is 86.9 Å². The van der Waals surface area contributed by atoms with Gasteiger partial charge in [0, 0.05) is 5.56 Å². The molecule has 0 saturated carbocycles. The number of rotatable bonds is 8. The third kappa shape index (κ3) is 7.90. The molecule has 0 heterocycles. The zero-order chi connectivity index (χ0) is 22.8. The summed E-state index contributed by atoms with van der Waals surface area (Å²) in [7, 11) is 0. The van der Waals surface area contributed by atoms with Gasteiger partial charge < -0.3 is 9.47 Å². The van der Waals surface area contributed by atoms with Crippen LogP contribution in [0.1, 0.15) is 48.2 Å². The molecule has 2 amide bonds. The van der Waals surface area contributed by atoms with Gasteiger partial charge in [-0.15, -0.1) is 0 Å². The van der Waals surface area contributed by atoms with Crippen molar-refractivity contribution in [2.45, 2.75) is 46.6 Å². The van der Waals surface area contributed by atoms with Gasteiger partial charge in [0.15, 0.2) is 11.2 Å². The van der Waals surface area contributed by atoms with Gasteiger partial charge in [-0.1, -0.05) is 19.4 Å². The number of hydrazine groups is 1. The van der Waals surface area contributed by atoms with E-state index in [1.54, 1.807) is 31.2 Å². The van der Waals surface area contributed by atoms with E-state index in [1.165, 1.54) is 0 Å². The summed E-state index contributed by atoms with van der Waals surface area (Å²) in [4.78, 5) is 24.5. The Bertz CT molecular complexity index is 916. The Morgan fingerprint density at radius 3 is 2.32 bits per heavy atom. The van der Waals surface area contributed by atoms with Gasteiger partial charge in [0.2, 0.25) is 0 Å². The predicted molar refractivity (Wildman–Crippen MR) is 124 cm³/mol. The molecule has 166 valence electrons. The number of hydrogen-bond donors (Lipinski definition) is 3. The monoisotopic (exact) mass is 443 g/mol. The molecular weight excluding hydrogens is 414 g/mol. The van der Waals surface area contributed by atoms with Crippen LogP contribution >= 0.6 is 12.2 Å². The summed E-state index contributed by atoms with van der Waals surface area (Å²) in [6.07, 6.45) is 1.27. The van der Waals surface area contributed by atoms with Crippen LogP contribution in [-0.2, 0) is 4.79 Å². The molecule has 0 aliphatic rings. The lowest BCUT2D eigenvalue weighted by molar-refractivity contribution is -0.127. The minimum Gasteiger partial charge on any atom is -0.494 e. The van der Waals surface area contributed by atoms with E-state index in [2.05, 4.69) is 23.1 Å². The standard InChI is InChI=1S/C23H29N3O4S/c1-5-6-13-29-19-11-8-18(9-12-19)22(28)24-23(31)26-25-21(27)17(4)30-20-10-7-15(2)16(3)14-20/h7-12,14,17H,5-6,13H2,1-4H3,(H,25,27)(H2,24,26,28,31). The van der Waals surface area contributed by atoms with Gasteiger partial charge in [-0.2, -0.15) is 0 Å². The molecule has 31 heavy (non-hydrogen) atoms. The minimum absolute atomic E-state index is 0.0278. The average Bonchev–Trinajstić information content (AvgIpc) is 2.75. The fourth-order valence-corrected chi connectivity index (χ4v) is 2.65. The molecule has 3 N–H and O–H groups in total. The van der Waals surface area contributed by atoms with Crippen LogP contribution in [0.25, 0.3) is 0 Å². The van der Waals surface area contributed by atoms with Crippen LogP contribution in [0, 0.1) is 13.8 Å². The molecule has 0 aliphatic heterocycles. The van der Waals surface area contributed by atoms with Crippen molar-refractivity contribution in [3.63, 3.8) is 0 Å². The van der Waals surface area contributed by atoms with Crippen molar-refractivity contribution in [1.82, 2.24) is 16.2 Å². The summed E-state index contributed by atoms with van der Waals surface area (Å²) < 4.78 is 11.2. The number of hydrogen-bond acceptors (Lipinski definition) is 5. The van der Waals surface area contributed by atoms with Crippen molar-refractivity contribution in [1.29, 1.82) is 0 Å². The second kappa shape index (κ2) is 11.9. The van der Waals surface area contributed by atoms with Gasteiger partial charge in [0.05, 0.1) is 6.61 Å². The lowest BCUT2D eigenvalue weighted by atomic mass is 10.1. The molecule has 1 atom stereocenters. The Balaban J connectivity index is 1.77. The molecular formula is C23H29N3O4S. The molecule has 0 radical (unpaired) electrons.